The Bertz CT molecular complexity index is 1080. The van der Waals surface area contributed by atoms with E-state index in [-0.39, 0.29) is 11.9 Å². The molecule has 1 unspecified atom stereocenters. The van der Waals surface area contributed by atoms with Gasteiger partial charge in [-0.15, -0.1) is 11.3 Å². The van der Waals surface area contributed by atoms with E-state index in [1.807, 2.05) is 35.2 Å². The maximum absolute atomic E-state index is 12.5. The summed E-state index contributed by atoms with van der Waals surface area (Å²) in [6, 6.07) is 16.3. The van der Waals surface area contributed by atoms with Gasteiger partial charge in [-0.3, -0.25) is 4.79 Å². The van der Waals surface area contributed by atoms with Crippen LogP contribution in [-0.2, 0) is 24.2 Å². The van der Waals surface area contributed by atoms with Gasteiger partial charge in [-0.2, -0.15) is 0 Å². The number of thiophene rings is 1. The molecule has 0 saturated carbocycles. The minimum atomic E-state index is -0.0518. The van der Waals surface area contributed by atoms with E-state index in [0.29, 0.717) is 18.9 Å². The second-order valence-electron chi connectivity index (χ2n) is 7.51. The molecule has 0 aliphatic carbocycles. The van der Waals surface area contributed by atoms with Crippen molar-refractivity contribution in [2.24, 2.45) is 0 Å². The molecule has 1 aliphatic rings. The molecule has 1 atom stereocenters. The molecule has 3 aromatic rings. The topological polar surface area (TPSA) is 38.8 Å². The van der Waals surface area contributed by atoms with Gasteiger partial charge < -0.3 is 14.4 Å². The van der Waals surface area contributed by atoms with Gasteiger partial charge in [0.1, 0.15) is 6.61 Å². The minimum Gasteiger partial charge on any atom is -0.493 e. The van der Waals surface area contributed by atoms with Gasteiger partial charge in [0, 0.05) is 13.5 Å². The summed E-state index contributed by atoms with van der Waals surface area (Å²) in [5.74, 6) is 1.51. The summed E-state index contributed by atoms with van der Waals surface area (Å²) >= 11 is 8.89. The number of carbonyl (C=O) groups is 1. The Labute approximate surface area is 203 Å². The molecule has 2 aromatic carbocycles. The molecule has 1 amide bonds. The first-order chi connectivity index (χ1) is 15.0. The van der Waals surface area contributed by atoms with Crippen molar-refractivity contribution in [2.45, 2.75) is 32.4 Å². The molecule has 162 valence electrons. The number of amides is 1. The highest BCUT2D eigenvalue weighted by molar-refractivity contribution is 9.12. The second-order valence-corrected chi connectivity index (χ2v) is 11.3. The third-order valence-corrected chi connectivity index (χ3v) is 8.03. The van der Waals surface area contributed by atoms with Gasteiger partial charge >= 0.3 is 0 Å². The molecule has 0 fully saturated rings. The van der Waals surface area contributed by atoms with Crippen LogP contribution in [0.1, 0.15) is 35.2 Å². The summed E-state index contributed by atoms with van der Waals surface area (Å²) < 4.78 is 13.9. The van der Waals surface area contributed by atoms with Crippen LogP contribution in [0, 0.1) is 0 Å². The predicted octanol–water partition coefficient (Wildman–Crippen LogP) is 6.55. The lowest BCUT2D eigenvalue weighted by molar-refractivity contribution is -0.131. The average Bonchev–Trinajstić information content (AvgIpc) is 3.08. The Morgan fingerprint density at radius 3 is 2.58 bits per heavy atom. The average molecular weight is 565 g/mol. The highest BCUT2D eigenvalue weighted by Gasteiger charge is 2.31. The fourth-order valence-electron chi connectivity index (χ4n) is 4.04. The standard InChI is InChI=1S/C24H23Br2NO3S/c1-15(28)27-9-8-17-11-21(29-2)22(30-14-16-6-4-3-5-7-16)13-19(17)20(27)10-18-12-23(25)31-24(18)26/h3-7,11-13,20H,8-10,14H2,1-2H3. The zero-order valence-electron chi connectivity index (χ0n) is 17.4. The molecule has 7 heteroatoms. The van der Waals surface area contributed by atoms with Crippen LogP contribution in [0.4, 0.5) is 0 Å². The van der Waals surface area contributed by atoms with Crippen molar-refractivity contribution in [3.63, 3.8) is 0 Å². The number of fused-ring (bicyclic) bond motifs is 1. The Morgan fingerprint density at radius 1 is 1.16 bits per heavy atom. The smallest absolute Gasteiger partial charge is 0.219 e. The van der Waals surface area contributed by atoms with Crippen molar-refractivity contribution >= 4 is 49.1 Å². The molecule has 1 aliphatic heterocycles. The van der Waals surface area contributed by atoms with Crippen LogP contribution >= 0.6 is 43.2 Å². The van der Waals surface area contributed by atoms with Crippen molar-refractivity contribution < 1.29 is 14.3 Å². The second kappa shape index (κ2) is 9.76. The molecule has 0 bridgehead atoms. The first-order valence-corrected chi connectivity index (χ1v) is 12.4. The number of benzene rings is 2. The molecule has 4 rings (SSSR count). The first-order valence-electron chi connectivity index (χ1n) is 10.0. The molecule has 0 spiro atoms. The zero-order valence-corrected chi connectivity index (χ0v) is 21.3. The largest absolute Gasteiger partial charge is 0.493 e. The number of ether oxygens (including phenoxy) is 2. The van der Waals surface area contributed by atoms with Crippen LogP contribution in [0.15, 0.2) is 56.1 Å². The molecular weight excluding hydrogens is 542 g/mol. The molecular formula is C24H23Br2NO3S. The van der Waals surface area contributed by atoms with Gasteiger partial charge in [-0.1, -0.05) is 30.3 Å². The van der Waals surface area contributed by atoms with E-state index in [2.05, 4.69) is 50.1 Å². The van der Waals surface area contributed by atoms with Crippen LogP contribution in [0.2, 0.25) is 0 Å². The third-order valence-electron chi connectivity index (χ3n) is 5.56. The third kappa shape index (κ3) is 4.99. The number of carbonyl (C=O) groups excluding carboxylic acids is 1. The predicted molar refractivity (Wildman–Crippen MR) is 131 cm³/mol. The number of nitrogens with zero attached hydrogens (tertiary/aromatic N) is 1. The van der Waals surface area contributed by atoms with Gasteiger partial charge in [0.2, 0.25) is 5.91 Å². The van der Waals surface area contributed by atoms with E-state index in [4.69, 9.17) is 9.47 Å². The zero-order chi connectivity index (χ0) is 22.0. The van der Waals surface area contributed by atoms with Gasteiger partial charge in [0.15, 0.2) is 11.5 Å². The van der Waals surface area contributed by atoms with E-state index in [1.54, 1.807) is 25.4 Å². The molecule has 31 heavy (non-hydrogen) atoms. The van der Waals surface area contributed by atoms with E-state index in [0.717, 1.165) is 37.3 Å². The monoisotopic (exact) mass is 563 g/mol. The summed E-state index contributed by atoms with van der Waals surface area (Å²) in [5.41, 5.74) is 4.61. The van der Waals surface area contributed by atoms with Gasteiger partial charge in [-0.05, 0) is 85.2 Å². The Balaban J connectivity index is 1.70. The maximum Gasteiger partial charge on any atom is 0.219 e. The van der Waals surface area contributed by atoms with E-state index in [1.165, 1.54) is 11.1 Å². The van der Waals surface area contributed by atoms with Crippen LogP contribution in [0.5, 0.6) is 11.5 Å². The van der Waals surface area contributed by atoms with Crippen molar-refractivity contribution in [1.82, 2.24) is 4.90 Å². The van der Waals surface area contributed by atoms with E-state index < -0.39 is 0 Å². The summed E-state index contributed by atoms with van der Waals surface area (Å²) in [6.45, 7) is 2.80. The van der Waals surface area contributed by atoms with Gasteiger partial charge in [-0.25, -0.2) is 0 Å². The van der Waals surface area contributed by atoms with Crippen molar-refractivity contribution in [3.05, 3.63) is 78.4 Å². The van der Waals surface area contributed by atoms with Crippen molar-refractivity contribution in [1.29, 1.82) is 0 Å². The SMILES string of the molecule is COc1cc2c(cc1OCc1ccccc1)C(Cc1cc(Br)sc1Br)N(C(C)=O)CC2. The Hall–Kier alpha value is -1.83. The summed E-state index contributed by atoms with van der Waals surface area (Å²) in [6.07, 6.45) is 1.54. The maximum atomic E-state index is 12.5. The number of hydrogen-bond acceptors (Lipinski definition) is 4. The number of halogens is 2. The molecule has 2 heterocycles. The van der Waals surface area contributed by atoms with Crippen molar-refractivity contribution in [2.75, 3.05) is 13.7 Å². The van der Waals surface area contributed by atoms with Crippen molar-refractivity contribution in [3.8, 4) is 11.5 Å². The summed E-state index contributed by atoms with van der Waals surface area (Å²) in [5, 5.41) is 0. The lowest BCUT2D eigenvalue weighted by atomic mass is 9.88. The Morgan fingerprint density at radius 2 is 1.94 bits per heavy atom. The highest BCUT2D eigenvalue weighted by atomic mass is 79.9. The summed E-state index contributed by atoms with van der Waals surface area (Å²) in [7, 11) is 1.67. The molecule has 0 N–H and O–H groups in total. The molecule has 0 saturated heterocycles. The quantitative estimate of drug-likeness (QED) is 0.341. The van der Waals surface area contributed by atoms with Crippen LogP contribution in [-0.4, -0.2) is 24.5 Å². The lowest BCUT2D eigenvalue weighted by Gasteiger charge is -2.37. The van der Waals surface area contributed by atoms with Crippen LogP contribution < -0.4 is 9.47 Å². The minimum absolute atomic E-state index is 0.0518. The van der Waals surface area contributed by atoms with Gasteiger partial charge in [0.25, 0.3) is 0 Å². The van der Waals surface area contributed by atoms with Gasteiger partial charge in [0.05, 0.1) is 20.7 Å². The highest BCUT2D eigenvalue weighted by Crippen LogP contribution is 2.42. The number of rotatable bonds is 6. The summed E-state index contributed by atoms with van der Waals surface area (Å²) in [4.78, 5) is 14.4. The Kier molecular flexibility index (Phi) is 7.04. The van der Waals surface area contributed by atoms with E-state index >= 15 is 0 Å². The normalized spacial score (nSPS) is 15.5. The first kappa shape index (κ1) is 22.4. The van der Waals surface area contributed by atoms with Crippen LogP contribution in [0.25, 0.3) is 0 Å². The fraction of sp³-hybridized carbons (Fsp3) is 0.292. The lowest BCUT2D eigenvalue weighted by Crippen LogP contribution is -2.39. The fourth-order valence-corrected chi connectivity index (χ4v) is 6.89. The van der Waals surface area contributed by atoms with Crippen LogP contribution in [0.3, 0.4) is 0 Å². The number of hydrogen-bond donors (Lipinski definition) is 0. The molecule has 1 aromatic heterocycles. The molecule has 0 radical (unpaired) electrons. The number of methoxy groups -OCH3 is 1. The van der Waals surface area contributed by atoms with E-state index in [9.17, 15) is 4.79 Å². The molecule has 4 nitrogen and oxygen atoms in total.